The van der Waals surface area contributed by atoms with Crippen molar-refractivity contribution >= 4 is 5.91 Å². The van der Waals surface area contributed by atoms with Crippen LogP contribution in [0.3, 0.4) is 0 Å². The summed E-state index contributed by atoms with van der Waals surface area (Å²) >= 11 is 0. The molecule has 0 aromatic heterocycles. The van der Waals surface area contributed by atoms with E-state index in [1.165, 1.54) is 0 Å². The molecule has 1 fully saturated rings. The Bertz CT molecular complexity index is 433. The van der Waals surface area contributed by atoms with Crippen LogP contribution in [0.5, 0.6) is 5.75 Å². The summed E-state index contributed by atoms with van der Waals surface area (Å²) in [6.45, 7) is 1.94. The first-order valence-corrected chi connectivity index (χ1v) is 6.82. The number of ether oxygens (including phenoxy) is 1. The van der Waals surface area contributed by atoms with Crippen LogP contribution in [0.25, 0.3) is 0 Å². The third kappa shape index (κ3) is 3.96. The summed E-state index contributed by atoms with van der Waals surface area (Å²) in [6.07, 6.45) is 3.28. The highest BCUT2D eigenvalue weighted by atomic mass is 16.5. The highest BCUT2D eigenvalue weighted by molar-refractivity contribution is 5.78. The average molecular weight is 263 g/mol. The lowest BCUT2D eigenvalue weighted by Crippen LogP contribution is -2.46. The second-order valence-electron chi connectivity index (χ2n) is 5.08. The third-order valence-electron chi connectivity index (χ3n) is 3.53. The fraction of sp³-hybridized carbons (Fsp3) is 0.533. The molecule has 0 aliphatic heterocycles. The largest absolute Gasteiger partial charge is 0.484 e. The van der Waals surface area contributed by atoms with Gasteiger partial charge in [0.15, 0.2) is 6.61 Å². The summed E-state index contributed by atoms with van der Waals surface area (Å²) in [5, 5.41) is 12.6. The second kappa shape index (κ2) is 6.57. The predicted octanol–water partition coefficient (Wildman–Crippen LogP) is 1.79. The zero-order valence-corrected chi connectivity index (χ0v) is 11.3. The summed E-state index contributed by atoms with van der Waals surface area (Å²) in [7, 11) is 0. The van der Waals surface area contributed by atoms with Gasteiger partial charge in [0, 0.05) is 0 Å². The number of aliphatic hydroxyl groups excluding tert-OH is 1. The van der Waals surface area contributed by atoms with Crippen LogP contribution >= 0.6 is 0 Å². The number of nitrogens with one attached hydrogen (secondary N) is 1. The molecular weight excluding hydrogens is 242 g/mol. The van der Waals surface area contributed by atoms with Crippen LogP contribution in [0.4, 0.5) is 0 Å². The molecule has 0 heterocycles. The molecular formula is C15H21NO3. The highest BCUT2D eigenvalue weighted by Gasteiger charge is 2.24. The Kier molecular flexibility index (Phi) is 4.80. The van der Waals surface area contributed by atoms with E-state index in [0.717, 1.165) is 37.0 Å². The number of carbonyl (C=O) groups excluding carboxylic acids is 1. The maximum Gasteiger partial charge on any atom is 0.258 e. The number of amides is 1. The summed E-state index contributed by atoms with van der Waals surface area (Å²) < 4.78 is 5.48. The van der Waals surface area contributed by atoms with Gasteiger partial charge in [-0.2, -0.15) is 0 Å². The molecule has 0 unspecified atom stereocenters. The van der Waals surface area contributed by atoms with Crippen LogP contribution < -0.4 is 10.1 Å². The Hall–Kier alpha value is -1.55. The summed E-state index contributed by atoms with van der Waals surface area (Å²) in [5.41, 5.74) is 1.01. The molecule has 2 N–H and O–H groups in total. The molecule has 19 heavy (non-hydrogen) atoms. The lowest BCUT2D eigenvalue weighted by atomic mass is 9.92. The summed E-state index contributed by atoms with van der Waals surface area (Å²) in [5.74, 6) is 0.552. The minimum atomic E-state index is -0.420. The van der Waals surface area contributed by atoms with Gasteiger partial charge in [-0.3, -0.25) is 4.79 Å². The van der Waals surface area contributed by atoms with Crippen LogP contribution in [0, 0.1) is 6.92 Å². The van der Waals surface area contributed by atoms with Gasteiger partial charge in [-0.25, -0.2) is 0 Å². The molecule has 1 aliphatic carbocycles. The van der Waals surface area contributed by atoms with E-state index in [0.29, 0.717) is 0 Å². The molecule has 1 amide bonds. The van der Waals surface area contributed by atoms with Crippen LogP contribution in [-0.2, 0) is 4.79 Å². The van der Waals surface area contributed by atoms with E-state index < -0.39 is 6.10 Å². The number of carbonyl (C=O) groups is 1. The third-order valence-corrected chi connectivity index (χ3v) is 3.53. The first-order valence-electron chi connectivity index (χ1n) is 6.82. The Morgan fingerprint density at radius 2 is 2.11 bits per heavy atom. The number of aliphatic hydroxyl groups is 1. The van der Waals surface area contributed by atoms with Gasteiger partial charge >= 0.3 is 0 Å². The van der Waals surface area contributed by atoms with Crippen molar-refractivity contribution in [2.24, 2.45) is 0 Å². The van der Waals surface area contributed by atoms with Gasteiger partial charge in [-0.1, -0.05) is 31.0 Å². The van der Waals surface area contributed by atoms with E-state index in [9.17, 15) is 9.90 Å². The van der Waals surface area contributed by atoms with Gasteiger partial charge in [0.25, 0.3) is 5.91 Å². The van der Waals surface area contributed by atoms with Crippen molar-refractivity contribution < 1.29 is 14.6 Å². The highest BCUT2D eigenvalue weighted by Crippen LogP contribution is 2.19. The summed E-state index contributed by atoms with van der Waals surface area (Å²) in [6, 6.07) is 7.48. The normalized spacial score (nSPS) is 22.8. The molecule has 1 aliphatic rings. The quantitative estimate of drug-likeness (QED) is 0.870. The van der Waals surface area contributed by atoms with Gasteiger partial charge in [0.2, 0.25) is 0 Å². The van der Waals surface area contributed by atoms with Crippen molar-refractivity contribution in [3.8, 4) is 5.75 Å². The molecule has 4 heteroatoms. The molecule has 0 radical (unpaired) electrons. The maximum atomic E-state index is 11.8. The molecule has 2 atom stereocenters. The molecule has 2 rings (SSSR count). The molecule has 1 aromatic rings. The van der Waals surface area contributed by atoms with Crippen LogP contribution in [0.1, 0.15) is 31.2 Å². The number of aryl methyl sites for hydroxylation is 1. The van der Waals surface area contributed by atoms with Crippen molar-refractivity contribution in [1.29, 1.82) is 0 Å². The van der Waals surface area contributed by atoms with E-state index in [4.69, 9.17) is 4.74 Å². The molecule has 0 saturated heterocycles. The molecule has 0 spiro atoms. The van der Waals surface area contributed by atoms with E-state index >= 15 is 0 Å². The first-order chi connectivity index (χ1) is 9.16. The monoisotopic (exact) mass is 263 g/mol. The van der Waals surface area contributed by atoms with Crippen molar-refractivity contribution in [3.63, 3.8) is 0 Å². The van der Waals surface area contributed by atoms with Gasteiger partial charge in [0.1, 0.15) is 5.75 Å². The maximum absolute atomic E-state index is 11.8. The van der Waals surface area contributed by atoms with Crippen LogP contribution in [-0.4, -0.2) is 29.8 Å². The Balaban J connectivity index is 1.80. The van der Waals surface area contributed by atoms with E-state index in [-0.39, 0.29) is 18.6 Å². The standard InChI is InChI=1S/C15H21NO3/c1-11-6-2-5-9-14(11)19-10-15(18)16-12-7-3-4-8-13(12)17/h2,5-6,9,12-13,17H,3-4,7-8,10H2,1H3,(H,16,18)/t12-,13-/m1/s1. The van der Waals surface area contributed by atoms with Gasteiger partial charge < -0.3 is 15.2 Å². The Labute approximate surface area is 113 Å². The van der Waals surface area contributed by atoms with E-state index in [1.54, 1.807) is 0 Å². The topological polar surface area (TPSA) is 58.6 Å². The zero-order chi connectivity index (χ0) is 13.7. The molecule has 1 aromatic carbocycles. The molecule has 4 nitrogen and oxygen atoms in total. The molecule has 1 saturated carbocycles. The average Bonchev–Trinajstić information content (AvgIpc) is 2.40. The lowest BCUT2D eigenvalue weighted by molar-refractivity contribution is -0.125. The van der Waals surface area contributed by atoms with Crippen molar-refractivity contribution in [2.45, 2.75) is 44.8 Å². The van der Waals surface area contributed by atoms with Crippen molar-refractivity contribution in [1.82, 2.24) is 5.32 Å². The lowest BCUT2D eigenvalue weighted by Gasteiger charge is -2.28. The van der Waals surface area contributed by atoms with Crippen LogP contribution in [0.15, 0.2) is 24.3 Å². The smallest absolute Gasteiger partial charge is 0.258 e. The fourth-order valence-electron chi connectivity index (χ4n) is 2.39. The Morgan fingerprint density at radius 3 is 2.84 bits per heavy atom. The Morgan fingerprint density at radius 1 is 1.37 bits per heavy atom. The van der Waals surface area contributed by atoms with E-state index in [1.807, 2.05) is 31.2 Å². The SMILES string of the molecule is Cc1ccccc1OCC(=O)N[C@@H]1CCCC[C@H]1O. The zero-order valence-electron chi connectivity index (χ0n) is 11.3. The number of hydrogen-bond acceptors (Lipinski definition) is 3. The number of rotatable bonds is 4. The molecule has 104 valence electrons. The second-order valence-corrected chi connectivity index (χ2v) is 5.08. The first kappa shape index (κ1) is 13.9. The van der Waals surface area contributed by atoms with Crippen molar-refractivity contribution in [3.05, 3.63) is 29.8 Å². The number of hydrogen-bond donors (Lipinski definition) is 2. The van der Waals surface area contributed by atoms with Gasteiger partial charge in [-0.05, 0) is 31.4 Å². The van der Waals surface area contributed by atoms with Crippen molar-refractivity contribution in [2.75, 3.05) is 6.61 Å². The minimum absolute atomic E-state index is 0.00588. The van der Waals surface area contributed by atoms with E-state index in [2.05, 4.69) is 5.32 Å². The number of benzene rings is 1. The predicted molar refractivity (Wildman–Crippen MR) is 73.1 cm³/mol. The van der Waals surface area contributed by atoms with Gasteiger partial charge in [-0.15, -0.1) is 0 Å². The van der Waals surface area contributed by atoms with Gasteiger partial charge in [0.05, 0.1) is 12.1 Å². The summed E-state index contributed by atoms with van der Waals surface area (Å²) in [4.78, 5) is 11.8. The minimum Gasteiger partial charge on any atom is -0.484 e. The number of para-hydroxylation sites is 1. The fourth-order valence-corrected chi connectivity index (χ4v) is 2.39. The van der Waals surface area contributed by atoms with Crippen LogP contribution in [0.2, 0.25) is 0 Å². The molecule has 0 bridgehead atoms.